The monoisotopic (exact) mass is 477 g/mol. The number of guanidine groups is 1. The minimum atomic E-state index is -0.247. The van der Waals surface area contributed by atoms with E-state index in [4.69, 9.17) is 4.74 Å². The van der Waals surface area contributed by atoms with Crippen LogP contribution in [0.15, 0.2) is 40.7 Å². The molecule has 0 bridgehead atoms. The van der Waals surface area contributed by atoms with Crippen molar-refractivity contribution in [1.82, 2.24) is 10.6 Å². The summed E-state index contributed by atoms with van der Waals surface area (Å²) in [4.78, 5) is 5.88. The molecule has 0 spiro atoms. The molecule has 0 radical (unpaired) electrons. The Morgan fingerprint density at radius 1 is 1.24 bits per heavy atom. The molecule has 2 rings (SSSR count). The molecule has 4 nitrogen and oxygen atoms in total. The van der Waals surface area contributed by atoms with E-state index < -0.39 is 0 Å². The molecule has 1 unspecified atom stereocenters. The molecule has 2 aromatic rings. The van der Waals surface area contributed by atoms with Crippen LogP contribution in [0, 0.1) is 12.7 Å². The highest BCUT2D eigenvalue weighted by Crippen LogP contribution is 2.17. The highest BCUT2D eigenvalue weighted by molar-refractivity contribution is 14.0. The zero-order chi connectivity index (χ0) is 17.4. The molecule has 0 saturated heterocycles. The van der Waals surface area contributed by atoms with Crippen LogP contribution in [0.4, 0.5) is 4.39 Å². The van der Waals surface area contributed by atoms with Crippen molar-refractivity contribution in [2.24, 2.45) is 4.99 Å². The van der Waals surface area contributed by atoms with Crippen molar-refractivity contribution >= 4 is 41.3 Å². The van der Waals surface area contributed by atoms with Gasteiger partial charge in [0.2, 0.25) is 0 Å². The molecule has 0 saturated carbocycles. The Hall–Kier alpha value is -1.19. The van der Waals surface area contributed by atoms with Crippen molar-refractivity contribution in [3.05, 3.63) is 57.5 Å². The number of aliphatic imine (C=N–C) groups is 1. The molecular weight excluding hydrogens is 452 g/mol. The number of halogens is 2. The first kappa shape index (κ1) is 21.9. The number of hydrogen-bond acceptors (Lipinski definition) is 3. The SMILES string of the molecule is CCNC(=NCc1sccc1C)NCC(OC)c1ccc(F)cc1.I. The average molecular weight is 477 g/mol. The summed E-state index contributed by atoms with van der Waals surface area (Å²) in [5.74, 6) is 0.497. The maximum Gasteiger partial charge on any atom is 0.191 e. The van der Waals surface area contributed by atoms with Gasteiger partial charge >= 0.3 is 0 Å². The van der Waals surface area contributed by atoms with Crippen LogP contribution < -0.4 is 10.6 Å². The number of benzene rings is 1. The van der Waals surface area contributed by atoms with Gasteiger partial charge in [-0.1, -0.05) is 12.1 Å². The van der Waals surface area contributed by atoms with Crippen molar-refractivity contribution < 1.29 is 9.13 Å². The lowest BCUT2D eigenvalue weighted by Gasteiger charge is -2.18. The molecule has 0 aliphatic rings. The lowest BCUT2D eigenvalue weighted by molar-refractivity contribution is 0.106. The third-order valence-corrected chi connectivity index (χ3v) is 4.68. The maximum absolute atomic E-state index is 13.1. The van der Waals surface area contributed by atoms with Gasteiger partial charge in [0.1, 0.15) is 5.82 Å². The van der Waals surface area contributed by atoms with Crippen LogP contribution in [0.25, 0.3) is 0 Å². The number of ether oxygens (including phenoxy) is 1. The molecule has 0 fully saturated rings. The largest absolute Gasteiger partial charge is 0.375 e. The first-order chi connectivity index (χ1) is 11.6. The predicted octanol–water partition coefficient (Wildman–Crippen LogP) is 4.26. The van der Waals surface area contributed by atoms with Gasteiger partial charge in [0.05, 0.1) is 12.6 Å². The van der Waals surface area contributed by atoms with Gasteiger partial charge < -0.3 is 15.4 Å². The Kier molecular flexibility index (Phi) is 9.99. The van der Waals surface area contributed by atoms with E-state index in [1.54, 1.807) is 30.6 Å². The molecule has 2 N–H and O–H groups in total. The summed E-state index contributed by atoms with van der Waals surface area (Å²) in [6, 6.07) is 8.47. The van der Waals surface area contributed by atoms with Gasteiger partial charge in [0, 0.05) is 25.1 Å². The summed E-state index contributed by atoms with van der Waals surface area (Å²) in [5.41, 5.74) is 2.19. The quantitative estimate of drug-likeness (QED) is 0.356. The lowest BCUT2D eigenvalue weighted by Crippen LogP contribution is -2.39. The van der Waals surface area contributed by atoms with E-state index in [0.29, 0.717) is 13.1 Å². The number of thiophene rings is 1. The minimum absolute atomic E-state index is 0. The fourth-order valence-electron chi connectivity index (χ4n) is 2.26. The maximum atomic E-state index is 13.1. The van der Waals surface area contributed by atoms with Gasteiger partial charge in [0.25, 0.3) is 0 Å². The number of aryl methyl sites for hydroxylation is 1. The smallest absolute Gasteiger partial charge is 0.191 e. The fourth-order valence-corrected chi connectivity index (χ4v) is 3.09. The third-order valence-electron chi connectivity index (χ3n) is 3.67. The minimum Gasteiger partial charge on any atom is -0.375 e. The van der Waals surface area contributed by atoms with E-state index in [1.807, 2.05) is 6.92 Å². The van der Waals surface area contributed by atoms with Crippen molar-refractivity contribution in [1.29, 1.82) is 0 Å². The van der Waals surface area contributed by atoms with Gasteiger partial charge in [-0.15, -0.1) is 35.3 Å². The van der Waals surface area contributed by atoms with Gasteiger partial charge in [-0.05, 0) is 48.6 Å². The average Bonchev–Trinajstić information content (AvgIpc) is 2.99. The molecule has 0 aliphatic heterocycles. The zero-order valence-corrected chi connectivity index (χ0v) is 17.9. The Bertz CT molecular complexity index is 661. The van der Waals surface area contributed by atoms with E-state index >= 15 is 0 Å². The fraction of sp³-hybridized carbons (Fsp3) is 0.389. The van der Waals surface area contributed by atoms with Gasteiger partial charge in [0.15, 0.2) is 5.96 Å². The molecule has 138 valence electrons. The highest BCUT2D eigenvalue weighted by atomic mass is 127. The van der Waals surface area contributed by atoms with Crippen LogP contribution in [0.1, 0.15) is 29.0 Å². The molecule has 0 amide bonds. The Morgan fingerprint density at radius 3 is 2.52 bits per heavy atom. The predicted molar refractivity (Wildman–Crippen MR) is 113 cm³/mol. The van der Waals surface area contributed by atoms with Crippen molar-refractivity contribution in [2.45, 2.75) is 26.5 Å². The topological polar surface area (TPSA) is 45.7 Å². The summed E-state index contributed by atoms with van der Waals surface area (Å²) in [6.45, 7) is 6.10. The van der Waals surface area contributed by atoms with Crippen molar-refractivity contribution in [2.75, 3.05) is 20.2 Å². The normalized spacial score (nSPS) is 12.4. The summed E-state index contributed by atoms with van der Waals surface area (Å²) in [6.07, 6.45) is -0.169. The first-order valence-corrected chi connectivity index (χ1v) is 8.85. The van der Waals surface area contributed by atoms with E-state index in [0.717, 1.165) is 18.1 Å². The summed E-state index contributed by atoms with van der Waals surface area (Å²) in [5, 5.41) is 8.60. The second-order valence-electron chi connectivity index (χ2n) is 5.38. The molecule has 25 heavy (non-hydrogen) atoms. The molecule has 0 aliphatic carbocycles. The molecule has 1 heterocycles. The third kappa shape index (κ3) is 6.91. The number of methoxy groups -OCH3 is 1. The molecule has 1 aromatic carbocycles. The van der Waals surface area contributed by atoms with Gasteiger partial charge in [-0.2, -0.15) is 0 Å². The van der Waals surface area contributed by atoms with E-state index in [2.05, 4.69) is 34.0 Å². The second-order valence-corrected chi connectivity index (χ2v) is 6.38. The number of rotatable bonds is 7. The molecular formula is C18H25FIN3OS. The Labute approximate surface area is 169 Å². The van der Waals surface area contributed by atoms with Gasteiger partial charge in [-0.25, -0.2) is 9.38 Å². The van der Waals surface area contributed by atoms with E-state index in [1.165, 1.54) is 22.6 Å². The van der Waals surface area contributed by atoms with E-state index in [9.17, 15) is 4.39 Å². The molecule has 7 heteroatoms. The van der Waals surface area contributed by atoms with E-state index in [-0.39, 0.29) is 35.9 Å². The molecule has 1 aromatic heterocycles. The lowest BCUT2D eigenvalue weighted by atomic mass is 10.1. The summed E-state index contributed by atoms with van der Waals surface area (Å²) >= 11 is 1.71. The van der Waals surface area contributed by atoms with Crippen LogP contribution in [-0.4, -0.2) is 26.2 Å². The number of hydrogen-bond donors (Lipinski definition) is 2. The summed E-state index contributed by atoms with van der Waals surface area (Å²) in [7, 11) is 1.65. The van der Waals surface area contributed by atoms with Crippen LogP contribution in [0.2, 0.25) is 0 Å². The van der Waals surface area contributed by atoms with Crippen LogP contribution in [-0.2, 0) is 11.3 Å². The number of nitrogens with zero attached hydrogens (tertiary/aromatic N) is 1. The standard InChI is InChI=1S/C18H24FN3OS.HI/c1-4-20-18(22-12-17-13(2)9-10-24-17)21-11-16(23-3)14-5-7-15(19)8-6-14;/h5-10,16H,4,11-12H2,1-3H3,(H2,20,21,22);1H. The van der Waals surface area contributed by atoms with Crippen molar-refractivity contribution in [3.63, 3.8) is 0 Å². The van der Waals surface area contributed by atoms with Gasteiger partial charge in [-0.3, -0.25) is 0 Å². The Balaban J connectivity index is 0.00000312. The highest BCUT2D eigenvalue weighted by Gasteiger charge is 2.11. The van der Waals surface area contributed by atoms with Crippen LogP contribution in [0.5, 0.6) is 0 Å². The molecule has 1 atom stereocenters. The zero-order valence-electron chi connectivity index (χ0n) is 14.7. The first-order valence-electron chi connectivity index (χ1n) is 7.97. The number of nitrogens with one attached hydrogen (secondary N) is 2. The van der Waals surface area contributed by atoms with Crippen molar-refractivity contribution in [3.8, 4) is 0 Å². The Morgan fingerprint density at radius 2 is 1.96 bits per heavy atom. The van der Waals surface area contributed by atoms with Crippen LogP contribution in [0.3, 0.4) is 0 Å². The summed E-state index contributed by atoms with van der Waals surface area (Å²) < 4.78 is 18.6. The van der Waals surface area contributed by atoms with Crippen LogP contribution >= 0.6 is 35.3 Å². The second kappa shape index (κ2) is 11.4.